The van der Waals surface area contributed by atoms with Gasteiger partial charge >= 0.3 is 0 Å². The third kappa shape index (κ3) is 4.01. The van der Waals surface area contributed by atoms with E-state index in [2.05, 4.69) is 9.97 Å². The van der Waals surface area contributed by atoms with Crippen LogP contribution in [0.4, 0.5) is 10.2 Å². The Morgan fingerprint density at radius 3 is 2.57 bits per heavy atom. The highest BCUT2D eigenvalue weighted by Crippen LogP contribution is 2.22. The maximum Gasteiger partial charge on any atom is 0.242 e. The average Bonchev–Trinajstić information content (AvgIpc) is 2.70. The van der Waals surface area contributed by atoms with E-state index in [4.69, 9.17) is 0 Å². The van der Waals surface area contributed by atoms with Gasteiger partial charge < -0.3 is 9.80 Å². The molecule has 1 amide bonds. The number of aromatic nitrogens is 2. The fourth-order valence-electron chi connectivity index (χ4n) is 3.36. The van der Waals surface area contributed by atoms with Gasteiger partial charge in [-0.05, 0) is 24.6 Å². The lowest BCUT2D eigenvalue weighted by atomic mass is 10.2. The van der Waals surface area contributed by atoms with Crippen LogP contribution in [0.25, 0.3) is 11.4 Å². The van der Waals surface area contributed by atoms with Crippen LogP contribution in [0.5, 0.6) is 0 Å². The first-order chi connectivity index (χ1) is 13.6. The van der Waals surface area contributed by atoms with Gasteiger partial charge in [-0.3, -0.25) is 4.79 Å². The van der Waals surface area contributed by atoms with Gasteiger partial charge in [0.15, 0.2) is 5.82 Å². The van der Waals surface area contributed by atoms with E-state index >= 15 is 0 Å². The third-order valence-corrected chi connectivity index (χ3v) is 4.78. The molecule has 1 aliphatic heterocycles. The van der Waals surface area contributed by atoms with Crippen molar-refractivity contribution in [2.75, 3.05) is 24.5 Å². The smallest absolute Gasteiger partial charge is 0.242 e. The van der Waals surface area contributed by atoms with Gasteiger partial charge in [-0.15, -0.1) is 0 Å². The molecule has 142 valence electrons. The van der Waals surface area contributed by atoms with Crippen molar-refractivity contribution in [3.05, 3.63) is 77.7 Å². The van der Waals surface area contributed by atoms with Crippen molar-refractivity contribution in [3.8, 4) is 11.4 Å². The van der Waals surface area contributed by atoms with Gasteiger partial charge in [-0.1, -0.05) is 42.5 Å². The molecule has 1 aromatic heterocycles. The Morgan fingerprint density at radius 1 is 1.00 bits per heavy atom. The van der Waals surface area contributed by atoms with Crippen molar-refractivity contribution in [1.29, 1.82) is 0 Å². The van der Waals surface area contributed by atoms with E-state index in [1.165, 1.54) is 12.1 Å². The zero-order valence-corrected chi connectivity index (χ0v) is 15.7. The van der Waals surface area contributed by atoms with Crippen LogP contribution in [0.15, 0.2) is 60.7 Å². The normalized spacial score (nSPS) is 14.4. The van der Waals surface area contributed by atoms with E-state index in [0.717, 1.165) is 22.6 Å². The summed E-state index contributed by atoms with van der Waals surface area (Å²) in [6, 6.07) is 18.1. The Hall–Kier alpha value is -3.28. The van der Waals surface area contributed by atoms with Crippen molar-refractivity contribution in [2.45, 2.75) is 13.5 Å². The van der Waals surface area contributed by atoms with Gasteiger partial charge in [0.05, 0.1) is 6.54 Å². The average molecular weight is 376 g/mol. The van der Waals surface area contributed by atoms with Gasteiger partial charge in [-0.2, -0.15) is 0 Å². The molecule has 3 aromatic rings. The van der Waals surface area contributed by atoms with Crippen LogP contribution in [-0.4, -0.2) is 40.4 Å². The monoisotopic (exact) mass is 376 g/mol. The predicted octanol–water partition coefficient (Wildman–Crippen LogP) is 3.44. The quantitative estimate of drug-likeness (QED) is 0.700. The van der Waals surface area contributed by atoms with Crippen LogP contribution in [0.1, 0.15) is 11.3 Å². The maximum absolute atomic E-state index is 13.4. The van der Waals surface area contributed by atoms with Crippen LogP contribution in [0.2, 0.25) is 0 Å². The number of benzene rings is 2. The Labute approximate surface area is 163 Å². The first-order valence-corrected chi connectivity index (χ1v) is 9.27. The van der Waals surface area contributed by atoms with E-state index in [9.17, 15) is 9.18 Å². The molecule has 28 heavy (non-hydrogen) atoms. The third-order valence-electron chi connectivity index (χ3n) is 4.78. The molecule has 0 unspecified atom stereocenters. The van der Waals surface area contributed by atoms with E-state index in [1.54, 1.807) is 11.0 Å². The summed E-state index contributed by atoms with van der Waals surface area (Å²) in [5.41, 5.74) is 2.60. The van der Waals surface area contributed by atoms with Crippen molar-refractivity contribution in [1.82, 2.24) is 14.9 Å². The largest absolute Gasteiger partial charge is 0.345 e. The summed E-state index contributed by atoms with van der Waals surface area (Å²) in [7, 11) is 0. The number of hydrogen-bond donors (Lipinski definition) is 0. The Bertz CT molecular complexity index is 993. The van der Waals surface area contributed by atoms with Gasteiger partial charge in [0, 0.05) is 37.0 Å². The van der Waals surface area contributed by atoms with Crippen LogP contribution in [0, 0.1) is 12.7 Å². The van der Waals surface area contributed by atoms with Crippen LogP contribution >= 0.6 is 0 Å². The summed E-state index contributed by atoms with van der Waals surface area (Å²) in [5, 5.41) is 0. The van der Waals surface area contributed by atoms with Crippen LogP contribution in [0.3, 0.4) is 0 Å². The molecular weight excluding hydrogens is 355 g/mol. The lowest BCUT2D eigenvalue weighted by molar-refractivity contribution is -0.131. The topological polar surface area (TPSA) is 49.3 Å². The molecule has 0 bridgehead atoms. The predicted molar refractivity (Wildman–Crippen MR) is 106 cm³/mol. The highest BCUT2D eigenvalue weighted by atomic mass is 19.1. The summed E-state index contributed by atoms with van der Waals surface area (Å²) in [5.74, 6) is 1.14. The number of aryl methyl sites for hydroxylation is 1. The second-order valence-electron chi connectivity index (χ2n) is 6.92. The molecule has 1 aliphatic rings. The Kier molecular flexibility index (Phi) is 5.02. The number of nitrogens with zero attached hydrogens (tertiary/aromatic N) is 4. The summed E-state index contributed by atoms with van der Waals surface area (Å²) in [6.07, 6.45) is 0. The zero-order chi connectivity index (χ0) is 19.5. The van der Waals surface area contributed by atoms with E-state index in [1.807, 2.05) is 54.3 Å². The second-order valence-corrected chi connectivity index (χ2v) is 6.92. The first-order valence-electron chi connectivity index (χ1n) is 9.27. The van der Waals surface area contributed by atoms with Crippen molar-refractivity contribution < 1.29 is 9.18 Å². The molecule has 2 aromatic carbocycles. The maximum atomic E-state index is 13.4. The minimum absolute atomic E-state index is 0.00744. The highest BCUT2D eigenvalue weighted by Gasteiger charge is 2.25. The number of carbonyl (C=O) groups excluding carboxylic acids is 1. The van der Waals surface area contributed by atoms with E-state index in [-0.39, 0.29) is 18.3 Å². The summed E-state index contributed by atoms with van der Waals surface area (Å²) < 4.78 is 13.4. The second kappa shape index (κ2) is 7.76. The van der Waals surface area contributed by atoms with E-state index in [0.29, 0.717) is 25.5 Å². The van der Waals surface area contributed by atoms with Crippen molar-refractivity contribution in [2.24, 2.45) is 0 Å². The SMILES string of the molecule is Cc1cc(N2CCN(Cc3cccc(F)c3)C(=O)C2)nc(-c2ccccc2)n1. The summed E-state index contributed by atoms with van der Waals surface area (Å²) in [6.45, 7) is 3.84. The van der Waals surface area contributed by atoms with Crippen LogP contribution < -0.4 is 4.90 Å². The molecule has 2 heterocycles. The molecule has 1 fully saturated rings. The van der Waals surface area contributed by atoms with Gasteiger partial charge in [-0.25, -0.2) is 14.4 Å². The lowest BCUT2D eigenvalue weighted by Crippen LogP contribution is -2.50. The first kappa shape index (κ1) is 18.1. The number of carbonyl (C=O) groups is 1. The standard InChI is InChI=1S/C22H21FN4O/c1-16-12-20(25-22(24-16)18-7-3-2-4-8-18)26-10-11-27(21(28)15-26)14-17-6-5-9-19(23)13-17/h2-9,12-13H,10-11,14-15H2,1H3. The molecular formula is C22H21FN4O. The van der Waals surface area contributed by atoms with Crippen molar-refractivity contribution in [3.63, 3.8) is 0 Å². The number of anilines is 1. The molecule has 0 spiro atoms. The molecule has 1 saturated heterocycles. The molecule has 0 radical (unpaired) electrons. The number of hydrogen-bond acceptors (Lipinski definition) is 4. The summed E-state index contributed by atoms with van der Waals surface area (Å²) in [4.78, 5) is 25.6. The zero-order valence-electron chi connectivity index (χ0n) is 15.7. The Balaban J connectivity index is 1.50. The fraction of sp³-hybridized carbons (Fsp3) is 0.227. The van der Waals surface area contributed by atoms with Crippen LogP contribution in [-0.2, 0) is 11.3 Å². The number of halogens is 1. The molecule has 0 aliphatic carbocycles. The van der Waals surface area contributed by atoms with Gasteiger partial charge in [0.2, 0.25) is 5.91 Å². The number of rotatable bonds is 4. The van der Waals surface area contributed by atoms with E-state index < -0.39 is 0 Å². The number of piperazine rings is 1. The highest BCUT2D eigenvalue weighted by molar-refractivity contribution is 5.82. The van der Waals surface area contributed by atoms with Gasteiger partial charge in [0.25, 0.3) is 0 Å². The minimum atomic E-state index is -0.284. The minimum Gasteiger partial charge on any atom is -0.345 e. The Morgan fingerprint density at radius 2 is 1.82 bits per heavy atom. The molecule has 5 nitrogen and oxygen atoms in total. The summed E-state index contributed by atoms with van der Waals surface area (Å²) >= 11 is 0. The van der Waals surface area contributed by atoms with Crippen molar-refractivity contribution >= 4 is 11.7 Å². The molecule has 6 heteroatoms. The molecule has 0 atom stereocenters. The lowest BCUT2D eigenvalue weighted by Gasteiger charge is -2.35. The molecule has 0 N–H and O–H groups in total. The van der Waals surface area contributed by atoms with Gasteiger partial charge in [0.1, 0.15) is 11.6 Å². The molecule has 0 saturated carbocycles. The molecule has 4 rings (SSSR count). The number of amides is 1. The fourth-order valence-corrected chi connectivity index (χ4v) is 3.36.